The van der Waals surface area contributed by atoms with E-state index in [1.54, 1.807) is 6.33 Å². The standard InChI is InChI=1S/C25H25FN7O2/c1-35-22-10-16(2-3-21(22)26)25(34)31-8-5-18(6-9-31)32-13-19(14-32)33-12-17(11-30-33)23-20-4-7-27-24(20)29-15-28-23/h2-4,7,10-12,15,18H,5-6,8-9,13-14H2,1H3,(H,27,28,29). The van der Waals surface area contributed by atoms with Crippen molar-refractivity contribution in [1.29, 1.82) is 0 Å². The van der Waals surface area contributed by atoms with Crippen LogP contribution in [-0.2, 0) is 0 Å². The second-order valence-corrected chi connectivity index (χ2v) is 8.98. The maximum absolute atomic E-state index is 13.7. The summed E-state index contributed by atoms with van der Waals surface area (Å²) in [7, 11) is 1.40. The van der Waals surface area contributed by atoms with Gasteiger partial charge in [-0.15, -0.1) is 0 Å². The fourth-order valence-electron chi connectivity index (χ4n) is 4.96. The Balaban J connectivity index is 1.04. The molecule has 2 fully saturated rings. The molecule has 5 heterocycles. The van der Waals surface area contributed by atoms with Crippen LogP contribution in [0.15, 0.2) is 49.2 Å². The van der Waals surface area contributed by atoms with Crippen molar-refractivity contribution >= 4 is 16.9 Å². The number of hydrogen-bond acceptors (Lipinski definition) is 6. The van der Waals surface area contributed by atoms with Gasteiger partial charge < -0.3 is 14.6 Å². The molecular weight excluding hydrogens is 449 g/mol. The molecule has 10 heteroatoms. The molecule has 0 saturated carbocycles. The van der Waals surface area contributed by atoms with Crippen molar-refractivity contribution in [2.24, 2.45) is 0 Å². The number of fused-ring (bicyclic) bond motifs is 1. The number of aromatic nitrogens is 5. The summed E-state index contributed by atoms with van der Waals surface area (Å²) >= 11 is 0. The van der Waals surface area contributed by atoms with Gasteiger partial charge in [0, 0.05) is 61.1 Å². The Hall–Kier alpha value is -3.79. The number of aromatic amines is 1. The zero-order chi connectivity index (χ0) is 23.9. The molecule has 35 heavy (non-hydrogen) atoms. The largest absolute Gasteiger partial charge is 0.494 e. The lowest BCUT2D eigenvalue weighted by atomic mass is 9.97. The highest BCUT2D eigenvalue weighted by Gasteiger charge is 2.37. The molecule has 2 aliphatic heterocycles. The average molecular weight is 475 g/mol. The van der Waals surface area contributed by atoms with Gasteiger partial charge in [-0.3, -0.25) is 14.4 Å². The van der Waals surface area contributed by atoms with Crippen molar-refractivity contribution in [2.75, 3.05) is 33.3 Å². The number of nitrogens with one attached hydrogen (secondary N) is 1. The molecule has 1 N–H and O–H groups in total. The highest BCUT2D eigenvalue weighted by molar-refractivity contribution is 5.94. The molecule has 0 bridgehead atoms. The van der Waals surface area contributed by atoms with Gasteiger partial charge in [0.15, 0.2) is 11.6 Å². The van der Waals surface area contributed by atoms with E-state index in [1.807, 2.05) is 34.2 Å². The van der Waals surface area contributed by atoms with Crippen LogP contribution in [0.2, 0.25) is 0 Å². The lowest BCUT2D eigenvalue weighted by molar-refractivity contribution is 0.0514. The maximum atomic E-state index is 13.7. The third kappa shape index (κ3) is 3.93. The molecule has 9 nitrogen and oxygen atoms in total. The average Bonchev–Trinajstić information content (AvgIpc) is 3.53. The van der Waals surface area contributed by atoms with Crippen LogP contribution in [0, 0.1) is 11.9 Å². The van der Waals surface area contributed by atoms with Gasteiger partial charge in [-0.2, -0.15) is 5.10 Å². The zero-order valence-electron chi connectivity index (χ0n) is 19.3. The van der Waals surface area contributed by atoms with E-state index in [4.69, 9.17) is 4.74 Å². The number of piperidine rings is 1. The van der Waals surface area contributed by atoms with E-state index in [0.29, 0.717) is 24.7 Å². The first kappa shape index (κ1) is 21.7. The Morgan fingerprint density at radius 3 is 2.80 bits per heavy atom. The van der Waals surface area contributed by atoms with E-state index < -0.39 is 5.82 Å². The molecule has 3 aromatic heterocycles. The van der Waals surface area contributed by atoms with Crippen molar-refractivity contribution in [3.05, 3.63) is 66.6 Å². The molecule has 0 spiro atoms. The number of halogens is 1. The SMILES string of the molecule is COc1cc(C(=O)N2CCC(N3C[C](n4cc(-c5ncnc6[nH]ccc56)cn4)C3)CC2)ccc1F. The number of rotatable bonds is 5. The fourth-order valence-corrected chi connectivity index (χ4v) is 4.96. The van der Waals surface area contributed by atoms with Crippen molar-refractivity contribution < 1.29 is 13.9 Å². The molecule has 1 aromatic carbocycles. The molecule has 0 atom stereocenters. The van der Waals surface area contributed by atoms with Gasteiger partial charge in [-0.1, -0.05) is 0 Å². The first-order valence-electron chi connectivity index (χ1n) is 11.7. The molecule has 0 aliphatic carbocycles. The molecule has 1 radical (unpaired) electrons. The van der Waals surface area contributed by atoms with Gasteiger partial charge in [-0.05, 0) is 37.1 Å². The Morgan fingerprint density at radius 1 is 1.17 bits per heavy atom. The number of hydrogen-bond donors (Lipinski definition) is 1. The van der Waals surface area contributed by atoms with Crippen molar-refractivity contribution in [3.8, 4) is 17.0 Å². The number of H-pyrrole nitrogens is 1. The van der Waals surface area contributed by atoms with Crippen LogP contribution < -0.4 is 4.74 Å². The smallest absolute Gasteiger partial charge is 0.253 e. The third-order valence-corrected chi connectivity index (χ3v) is 6.97. The van der Waals surface area contributed by atoms with E-state index in [9.17, 15) is 9.18 Å². The fraction of sp³-hybridized carbons (Fsp3) is 0.320. The summed E-state index contributed by atoms with van der Waals surface area (Å²) in [6.07, 6.45) is 9.12. The highest BCUT2D eigenvalue weighted by Crippen LogP contribution is 2.30. The van der Waals surface area contributed by atoms with E-state index in [-0.39, 0.29) is 11.7 Å². The molecular formula is C25H25FN7O2. The summed E-state index contributed by atoms with van der Waals surface area (Å²) in [5.74, 6) is -0.456. The molecule has 6 rings (SSSR count). The lowest BCUT2D eigenvalue weighted by Crippen LogP contribution is -2.56. The summed E-state index contributed by atoms with van der Waals surface area (Å²) in [4.78, 5) is 29.0. The van der Waals surface area contributed by atoms with Gasteiger partial charge in [0.1, 0.15) is 18.0 Å². The van der Waals surface area contributed by atoms with Crippen molar-refractivity contribution in [3.63, 3.8) is 0 Å². The van der Waals surface area contributed by atoms with Gasteiger partial charge in [-0.25, -0.2) is 14.4 Å². The quantitative estimate of drug-likeness (QED) is 0.478. The number of likely N-dealkylation sites (tertiary alicyclic amines) is 2. The van der Waals surface area contributed by atoms with E-state index in [2.05, 4.69) is 25.0 Å². The molecule has 4 aromatic rings. The highest BCUT2D eigenvalue weighted by atomic mass is 19.1. The minimum absolute atomic E-state index is 0.0806. The molecule has 179 valence electrons. The molecule has 2 aliphatic rings. The Bertz CT molecular complexity index is 1370. The van der Waals surface area contributed by atoms with Gasteiger partial charge >= 0.3 is 0 Å². The maximum Gasteiger partial charge on any atom is 0.253 e. The number of amides is 1. The van der Waals surface area contributed by atoms with Crippen LogP contribution >= 0.6 is 0 Å². The Kier molecular flexibility index (Phi) is 5.44. The minimum Gasteiger partial charge on any atom is -0.494 e. The topological polar surface area (TPSA) is 92.2 Å². The normalized spacial score (nSPS) is 17.6. The van der Waals surface area contributed by atoms with Crippen LogP contribution in [0.4, 0.5) is 4.39 Å². The second kappa shape index (κ2) is 8.77. The number of carbonyl (C=O) groups excluding carboxylic acids is 1. The summed E-state index contributed by atoms with van der Waals surface area (Å²) in [5, 5.41) is 5.55. The van der Waals surface area contributed by atoms with E-state index >= 15 is 0 Å². The lowest BCUT2D eigenvalue weighted by Gasteiger charge is -2.46. The monoisotopic (exact) mass is 474 g/mol. The second-order valence-electron chi connectivity index (χ2n) is 8.98. The summed E-state index contributed by atoms with van der Waals surface area (Å²) in [5.41, 5.74) is 3.10. The summed E-state index contributed by atoms with van der Waals surface area (Å²) < 4.78 is 20.6. The zero-order valence-corrected chi connectivity index (χ0v) is 19.3. The number of carbonyl (C=O) groups is 1. The van der Waals surface area contributed by atoms with Crippen LogP contribution in [-0.4, -0.2) is 79.8 Å². The van der Waals surface area contributed by atoms with Crippen molar-refractivity contribution in [1.82, 2.24) is 34.5 Å². The number of nitrogens with zero attached hydrogens (tertiary/aromatic N) is 6. The number of benzene rings is 1. The first-order valence-corrected chi connectivity index (χ1v) is 11.7. The molecule has 1 amide bonds. The van der Waals surface area contributed by atoms with Gasteiger partial charge in [0.2, 0.25) is 0 Å². The Morgan fingerprint density at radius 2 is 2.00 bits per heavy atom. The van der Waals surface area contributed by atoms with Gasteiger partial charge in [0.05, 0.1) is 19.0 Å². The summed E-state index contributed by atoms with van der Waals surface area (Å²) in [6.45, 7) is 3.08. The van der Waals surface area contributed by atoms with Crippen LogP contribution in [0.3, 0.4) is 0 Å². The number of methoxy groups -OCH3 is 1. The predicted molar refractivity (Wildman–Crippen MR) is 127 cm³/mol. The van der Waals surface area contributed by atoms with E-state index in [1.165, 1.54) is 31.4 Å². The predicted octanol–water partition coefficient (Wildman–Crippen LogP) is 2.97. The molecule has 0 unspecified atom stereocenters. The van der Waals surface area contributed by atoms with Crippen molar-refractivity contribution in [2.45, 2.75) is 18.9 Å². The first-order chi connectivity index (χ1) is 17.1. The van der Waals surface area contributed by atoms with Crippen LogP contribution in [0.1, 0.15) is 23.2 Å². The van der Waals surface area contributed by atoms with Crippen LogP contribution in [0.25, 0.3) is 22.3 Å². The molecule has 2 saturated heterocycles. The van der Waals surface area contributed by atoms with Crippen LogP contribution in [0.5, 0.6) is 5.75 Å². The Labute approximate surface area is 201 Å². The number of ether oxygens (including phenoxy) is 1. The van der Waals surface area contributed by atoms with Gasteiger partial charge in [0.25, 0.3) is 5.91 Å². The minimum atomic E-state index is -0.466. The third-order valence-electron chi connectivity index (χ3n) is 6.97. The summed E-state index contributed by atoms with van der Waals surface area (Å²) in [6, 6.07) is 7.92. The van der Waals surface area contributed by atoms with E-state index in [0.717, 1.165) is 48.2 Å².